The van der Waals surface area contributed by atoms with Crippen LogP contribution >= 0.6 is 0 Å². The fourth-order valence-electron chi connectivity index (χ4n) is 3.91. The van der Waals surface area contributed by atoms with Gasteiger partial charge in [0.05, 0.1) is 5.92 Å². The summed E-state index contributed by atoms with van der Waals surface area (Å²) in [6, 6.07) is 0. The van der Waals surface area contributed by atoms with E-state index in [-0.39, 0.29) is 0 Å². The van der Waals surface area contributed by atoms with E-state index in [0.717, 1.165) is 25.2 Å². The van der Waals surface area contributed by atoms with Gasteiger partial charge in [-0.15, -0.1) is 0 Å². The number of alkyl halides is 3. The van der Waals surface area contributed by atoms with Gasteiger partial charge >= 0.3 is 6.18 Å². The van der Waals surface area contributed by atoms with Gasteiger partial charge in [0.15, 0.2) is 0 Å². The Bertz CT molecular complexity index is 239. The van der Waals surface area contributed by atoms with Gasteiger partial charge in [-0.2, -0.15) is 13.2 Å². The average molecular weight is 262 g/mol. The minimum absolute atomic E-state index is 0.368. The van der Waals surface area contributed by atoms with E-state index in [9.17, 15) is 13.2 Å². The number of halogens is 3. The fraction of sp³-hybridized carbons (Fsp3) is 1.00. The van der Waals surface area contributed by atoms with E-state index in [4.69, 9.17) is 0 Å². The summed E-state index contributed by atoms with van der Waals surface area (Å²) in [5.74, 6) is 0.281. The minimum Gasteiger partial charge on any atom is -0.171 e. The van der Waals surface area contributed by atoms with Crippen LogP contribution in [0.15, 0.2) is 0 Å². The molecule has 0 aromatic heterocycles. The first kappa shape index (κ1) is 14.2. The van der Waals surface area contributed by atoms with Crippen molar-refractivity contribution >= 4 is 0 Å². The SMILES string of the molecule is FC(F)(F)C1CCCC(C2CCCCCC2)CC1. The first-order chi connectivity index (χ1) is 8.57. The molecule has 0 heterocycles. The molecule has 0 bridgehead atoms. The van der Waals surface area contributed by atoms with Crippen LogP contribution in [-0.4, -0.2) is 6.18 Å². The zero-order chi connectivity index (χ0) is 13.0. The van der Waals surface area contributed by atoms with Gasteiger partial charge in [-0.1, -0.05) is 51.4 Å². The number of hydrogen-bond donors (Lipinski definition) is 0. The van der Waals surface area contributed by atoms with E-state index in [1.165, 1.54) is 38.5 Å². The molecule has 0 radical (unpaired) electrons. The van der Waals surface area contributed by atoms with Crippen LogP contribution in [0.2, 0.25) is 0 Å². The molecule has 2 atom stereocenters. The van der Waals surface area contributed by atoms with Crippen LogP contribution in [-0.2, 0) is 0 Å². The molecule has 2 aliphatic carbocycles. The van der Waals surface area contributed by atoms with E-state index >= 15 is 0 Å². The Hall–Kier alpha value is -0.210. The van der Waals surface area contributed by atoms with E-state index in [1.54, 1.807) is 0 Å². The van der Waals surface area contributed by atoms with E-state index < -0.39 is 12.1 Å². The van der Waals surface area contributed by atoms with Crippen molar-refractivity contribution in [3.8, 4) is 0 Å². The second-order valence-corrected chi connectivity index (χ2v) is 6.26. The first-order valence-corrected chi connectivity index (χ1v) is 7.64. The summed E-state index contributed by atoms with van der Waals surface area (Å²) < 4.78 is 38.3. The van der Waals surface area contributed by atoms with Gasteiger partial charge in [0, 0.05) is 0 Å². The summed E-state index contributed by atoms with van der Waals surface area (Å²) in [4.78, 5) is 0. The summed E-state index contributed by atoms with van der Waals surface area (Å²) in [7, 11) is 0. The van der Waals surface area contributed by atoms with Crippen LogP contribution in [0.4, 0.5) is 13.2 Å². The zero-order valence-electron chi connectivity index (χ0n) is 11.1. The standard InChI is InChI=1S/C15H25F3/c16-15(17,18)14-9-5-8-13(10-11-14)12-6-3-1-2-4-7-12/h12-14H,1-11H2. The van der Waals surface area contributed by atoms with Gasteiger partial charge in [0.2, 0.25) is 0 Å². The topological polar surface area (TPSA) is 0 Å². The van der Waals surface area contributed by atoms with Crippen LogP contribution in [0.25, 0.3) is 0 Å². The Morgan fingerprint density at radius 2 is 1.11 bits per heavy atom. The molecule has 0 spiro atoms. The van der Waals surface area contributed by atoms with E-state index in [2.05, 4.69) is 0 Å². The molecule has 0 aromatic rings. The Balaban J connectivity index is 1.88. The highest BCUT2D eigenvalue weighted by molar-refractivity contribution is 4.80. The van der Waals surface area contributed by atoms with Crippen LogP contribution in [0.1, 0.15) is 70.6 Å². The average Bonchev–Trinajstić information content (AvgIpc) is 2.70. The molecule has 2 fully saturated rings. The highest BCUT2D eigenvalue weighted by Gasteiger charge is 2.40. The molecule has 0 aromatic carbocycles. The molecule has 106 valence electrons. The van der Waals surface area contributed by atoms with E-state index in [0.29, 0.717) is 18.8 Å². The molecule has 2 saturated carbocycles. The van der Waals surface area contributed by atoms with Gasteiger partial charge in [-0.05, 0) is 31.1 Å². The summed E-state index contributed by atoms with van der Waals surface area (Å²) in [6.07, 6.45) is 7.20. The molecule has 0 saturated heterocycles. The molecule has 0 nitrogen and oxygen atoms in total. The molecule has 0 aliphatic heterocycles. The van der Waals surface area contributed by atoms with Crippen LogP contribution in [0, 0.1) is 17.8 Å². The minimum atomic E-state index is -3.96. The van der Waals surface area contributed by atoms with Crippen molar-refractivity contribution in [3.05, 3.63) is 0 Å². The van der Waals surface area contributed by atoms with Crippen molar-refractivity contribution in [3.63, 3.8) is 0 Å². The first-order valence-electron chi connectivity index (χ1n) is 7.64. The highest BCUT2D eigenvalue weighted by Crippen LogP contribution is 2.42. The third-order valence-corrected chi connectivity index (χ3v) is 5.04. The summed E-state index contributed by atoms with van der Waals surface area (Å²) in [6.45, 7) is 0. The summed E-state index contributed by atoms with van der Waals surface area (Å²) >= 11 is 0. The maximum Gasteiger partial charge on any atom is 0.391 e. The molecular weight excluding hydrogens is 237 g/mol. The van der Waals surface area contributed by atoms with Crippen LogP contribution in [0.3, 0.4) is 0 Å². The zero-order valence-corrected chi connectivity index (χ0v) is 11.1. The summed E-state index contributed by atoms with van der Waals surface area (Å²) in [5, 5.41) is 0. The van der Waals surface area contributed by atoms with Gasteiger partial charge < -0.3 is 0 Å². The van der Waals surface area contributed by atoms with E-state index in [1.807, 2.05) is 0 Å². The maximum absolute atomic E-state index is 12.8. The molecule has 0 N–H and O–H groups in total. The number of rotatable bonds is 1. The van der Waals surface area contributed by atoms with Crippen LogP contribution < -0.4 is 0 Å². The van der Waals surface area contributed by atoms with Gasteiger partial charge in [-0.3, -0.25) is 0 Å². The molecule has 18 heavy (non-hydrogen) atoms. The van der Waals surface area contributed by atoms with Crippen molar-refractivity contribution in [1.82, 2.24) is 0 Å². The second-order valence-electron chi connectivity index (χ2n) is 6.26. The van der Waals surface area contributed by atoms with Crippen molar-refractivity contribution < 1.29 is 13.2 Å². The predicted molar refractivity (Wildman–Crippen MR) is 67.3 cm³/mol. The Morgan fingerprint density at radius 3 is 1.72 bits per heavy atom. The lowest BCUT2D eigenvalue weighted by Crippen LogP contribution is -2.22. The number of hydrogen-bond acceptors (Lipinski definition) is 0. The summed E-state index contributed by atoms with van der Waals surface area (Å²) in [5.41, 5.74) is 0. The highest BCUT2D eigenvalue weighted by atomic mass is 19.4. The quantitative estimate of drug-likeness (QED) is 0.530. The third-order valence-electron chi connectivity index (χ3n) is 5.04. The monoisotopic (exact) mass is 262 g/mol. The lowest BCUT2D eigenvalue weighted by molar-refractivity contribution is -0.177. The predicted octanol–water partition coefficient (Wildman–Crippen LogP) is 5.72. The lowest BCUT2D eigenvalue weighted by Gasteiger charge is -2.25. The van der Waals surface area contributed by atoms with Crippen LogP contribution in [0.5, 0.6) is 0 Å². The molecule has 2 rings (SSSR count). The van der Waals surface area contributed by atoms with Gasteiger partial charge in [0.25, 0.3) is 0 Å². The lowest BCUT2D eigenvalue weighted by atomic mass is 9.81. The Labute approximate surface area is 108 Å². The molecule has 0 amide bonds. The Kier molecular flexibility index (Phi) is 4.97. The normalized spacial score (nSPS) is 32.8. The third kappa shape index (κ3) is 3.89. The van der Waals surface area contributed by atoms with Gasteiger partial charge in [-0.25, -0.2) is 0 Å². The molecular formula is C15H25F3. The van der Waals surface area contributed by atoms with Crippen molar-refractivity contribution in [2.24, 2.45) is 17.8 Å². The van der Waals surface area contributed by atoms with Crippen molar-refractivity contribution in [1.29, 1.82) is 0 Å². The molecule has 3 heteroatoms. The smallest absolute Gasteiger partial charge is 0.171 e. The maximum atomic E-state index is 12.8. The van der Waals surface area contributed by atoms with Crippen molar-refractivity contribution in [2.45, 2.75) is 76.8 Å². The van der Waals surface area contributed by atoms with Gasteiger partial charge in [0.1, 0.15) is 0 Å². The molecule has 2 unspecified atom stereocenters. The fourth-order valence-corrected chi connectivity index (χ4v) is 3.91. The molecule has 2 aliphatic rings. The largest absolute Gasteiger partial charge is 0.391 e. The Morgan fingerprint density at radius 1 is 0.556 bits per heavy atom. The second kappa shape index (κ2) is 6.29. The van der Waals surface area contributed by atoms with Crippen molar-refractivity contribution in [2.75, 3.05) is 0 Å².